The quantitative estimate of drug-likeness (QED) is 0.581. The Bertz CT molecular complexity index is 419. The van der Waals surface area contributed by atoms with Crippen LogP contribution >= 0.6 is 0 Å². The van der Waals surface area contributed by atoms with Gasteiger partial charge in [-0.05, 0) is 18.1 Å². The van der Waals surface area contributed by atoms with Crippen LogP contribution in [0.2, 0.25) is 0 Å². The number of carbonyl (C=O) groups excluding carboxylic acids is 1. The first-order chi connectivity index (χ1) is 9.06. The highest BCUT2D eigenvalue weighted by Crippen LogP contribution is 2.24. The summed E-state index contributed by atoms with van der Waals surface area (Å²) < 4.78 is 10.5. The minimum absolute atomic E-state index is 0.218. The monoisotopic (exact) mass is 266 g/mol. The maximum absolute atomic E-state index is 11.9. The second kappa shape index (κ2) is 7.63. The van der Waals surface area contributed by atoms with E-state index in [0.717, 1.165) is 0 Å². The minimum Gasteiger partial charge on any atom is -0.495 e. The van der Waals surface area contributed by atoms with Crippen molar-refractivity contribution < 1.29 is 14.3 Å². The van der Waals surface area contributed by atoms with Gasteiger partial charge in [0.1, 0.15) is 5.75 Å². The summed E-state index contributed by atoms with van der Waals surface area (Å²) in [7, 11) is 1.52. The molecule has 1 amide bonds. The molecule has 0 spiro atoms. The van der Waals surface area contributed by atoms with Crippen LogP contribution in [0.15, 0.2) is 18.2 Å². The van der Waals surface area contributed by atoms with E-state index in [1.807, 2.05) is 0 Å². The van der Waals surface area contributed by atoms with Crippen LogP contribution < -0.4 is 15.8 Å². The molecule has 5 nitrogen and oxygen atoms in total. The second-order valence-electron chi connectivity index (χ2n) is 4.65. The average molecular weight is 266 g/mol. The Balaban J connectivity index is 2.46. The van der Waals surface area contributed by atoms with Crippen LogP contribution in [0.4, 0.5) is 5.69 Å². The Kier molecular flexibility index (Phi) is 6.15. The van der Waals surface area contributed by atoms with E-state index < -0.39 is 0 Å². The van der Waals surface area contributed by atoms with Crippen LogP contribution in [0.5, 0.6) is 5.75 Å². The smallest absolute Gasteiger partial charge is 0.253 e. The van der Waals surface area contributed by atoms with Crippen molar-refractivity contribution in [2.24, 2.45) is 5.92 Å². The number of nitrogens with one attached hydrogen (secondary N) is 1. The van der Waals surface area contributed by atoms with Gasteiger partial charge in [0.05, 0.1) is 25.0 Å². The molecule has 5 heteroatoms. The highest BCUT2D eigenvalue weighted by Gasteiger charge is 2.12. The standard InChI is InChI=1S/C14H22N2O3/c1-10(2)9-19-8-7-16-14(17)11-5-4-6-12(18-3)13(11)15/h4-6,10H,7-9,15H2,1-3H3,(H,16,17). The number of nitrogens with two attached hydrogens (primary N) is 1. The summed E-state index contributed by atoms with van der Waals surface area (Å²) >= 11 is 0. The zero-order valence-electron chi connectivity index (χ0n) is 11.7. The fourth-order valence-corrected chi connectivity index (χ4v) is 1.57. The van der Waals surface area contributed by atoms with Crippen molar-refractivity contribution in [2.75, 3.05) is 32.6 Å². The zero-order valence-corrected chi connectivity index (χ0v) is 11.7. The molecule has 1 aromatic carbocycles. The number of rotatable bonds is 7. The lowest BCUT2D eigenvalue weighted by atomic mass is 10.1. The molecule has 1 aromatic rings. The van der Waals surface area contributed by atoms with Gasteiger partial charge in [-0.25, -0.2) is 0 Å². The number of hydrogen-bond donors (Lipinski definition) is 2. The van der Waals surface area contributed by atoms with Gasteiger partial charge >= 0.3 is 0 Å². The van der Waals surface area contributed by atoms with Crippen molar-refractivity contribution in [1.82, 2.24) is 5.32 Å². The number of benzene rings is 1. The van der Waals surface area contributed by atoms with Gasteiger partial charge in [0.15, 0.2) is 0 Å². The molecule has 0 saturated heterocycles. The van der Waals surface area contributed by atoms with E-state index in [4.69, 9.17) is 15.2 Å². The minimum atomic E-state index is -0.218. The Morgan fingerprint density at radius 3 is 2.79 bits per heavy atom. The summed E-state index contributed by atoms with van der Waals surface area (Å²) in [4.78, 5) is 11.9. The number of para-hydroxylation sites is 1. The highest BCUT2D eigenvalue weighted by molar-refractivity contribution is 6.00. The van der Waals surface area contributed by atoms with Crippen LogP contribution in [-0.4, -0.2) is 32.8 Å². The summed E-state index contributed by atoms with van der Waals surface area (Å²) in [5.74, 6) is 0.776. The van der Waals surface area contributed by atoms with Crippen molar-refractivity contribution in [3.8, 4) is 5.75 Å². The number of nitrogen functional groups attached to an aromatic ring is 1. The van der Waals surface area contributed by atoms with Gasteiger partial charge in [0.25, 0.3) is 5.91 Å². The summed E-state index contributed by atoms with van der Waals surface area (Å²) in [6.45, 7) is 5.80. The third kappa shape index (κ3) is 4.79. The summed E-state index contributed by atoms with van der Waals surface area (Å²) in [5, 5.41) is 2.77. The van der Waals surface area contributed by atoms with E-state index in [9.17, 15) is 4.79 Å². The van der Waals surface area contributed by atoms with Crippen molar-refractivity contribution in [2.45, 2.75) is 13.8 Å². The first-order valence-electron chi connectivity index (χ1n) is 6.34. The first kappa shape index (κ1) is 15.3. The van der Waals surface area contributed by atoms with Gasteiger partial charge < -0.3 is 20.5 Å². The Morgan fingerprint density at radius 1 is 1.42 bits per heavy atom. The number of methoxy groups -OCH3 is 1. The summed E-state index contributed by atoms with van der Waals surface area (Å²) in [5.41, 5.74) is 6.62. The van der Waals surface area contributed by atoms with Gasteiger partial charge in [-0.2, -0.15) is 0 Å². The molecular formula is C14H22N2O3. The van der Waals surface area contributed by atoms with Crippen LogP contribution in [0.3, 0.4) is 0 Å². The third-order valence-corrected chi connectivity index (χ3v) is 2.51. The number of ether oxygens (including phenoxy) is 2. The molecule has 0 aliphatic carbocycles. The van der Waals surface area contributed by atoms with E-state index in [1.165, 1.54) is 7.11 Å². The van der Waals surface area contributed by atoms with Crippen molar-refractivity contribution in [3.63, 3.8) is 0 Å². The van der Waals surface area contributed by atoms with Crippen LogP contribution in [0.25, 0.3) is 0 Å². The third-order valence-electron chi connectivity index (χ3n) is 2.51. The Hall–Kier alpha value is -1.75. The van der Waals surface area contributed by atoms with Gasteiger partial charge in [-0.3, -0.25) is 4.79 Å². The normalized spacial score (nSPS) is 10.5. The molecule has 0 bridgehead atoms. The number of hydrogen-bond acceptors (Lipinski definition) is 4. The van der Waals surface area contributed by atoms with E-state index in [2.05, 4.69) is 19.2 Å². The fraction of sp³-hybridized carbons (Fsp3) is 0.500. The molecule has 0 aliphatic rings. The molecular weight excluding hydrogens is 244 g/mol. The molecule has 0 radical (unpaired) electrons. The lowest BCUT2D eigenvalue weighted by molar-refractivity contribution is 0.0887. The Morgan fingerprint density at radius 2 is 2.16 bits per heavy atom. The van der Waals surface area contributed by atoms with Crippen LogP contribution in [-0.2, 0) is 4.74 Å². The maximum atomic E-state index is 11.9. The lowest BCUT2D eigenvalue weighted by Gasteiger charge is -2.11. The van der Waals surface area contributed by atoms with Gasteiger partial charge in [-0.1, -0.05) is 19.9 Å². The number of amides is 1. The molecule has 3 N–H and O–H groups in total. The predicted molar refractivity (Wildman–Crippen MR) is 75.4 cm³/mol. The topological polar surface area (TPSA) is 73.6 Å². The van der Waals surface area contributed by atoms with Crippen molar-refractivity contribution in [3.05, 3.63) is 23.8 Å². The Labute approximate surface area is 114 Å². The van der Waals surface area contributed by atoms with E-state index in [-0.39, 0.29) is 5.91 Å². The van der Waals surface area contributed by atoms with Gasteiger partial charge in [-0.15, -0.1) is 0 Å². The molecule has 0 saturated carbocycles. The maximum Gasteiger partial charge on any atom is 0.253 e. The molecule has 0 atom stereocenters. The van der Waals surface area contributed by atoms with E-state index >= 15 is 0 Å². The molecule has 0 fully saturated rings. The van der Waals surface area contributed by atoms with Gasteiger partial charge in [0.2, 0.25) is 0 Å². The van der Waals surface area contributed by atoms with E-state index in [0.29, 0.717) is 42.7 Å². The zero-order chi connectivity index (χ0) is 14.3. The largest absolute Gasteiger partial charge is 0.495 e. The second-order valence-corrected chi connectivity index (χ2v) is 4.65. The molecule has 0 unspecified atom stereocenters. The average Bonchev–Trinajstić information content (AvgIpc) is 2.38. The van der Waals surface area contributed by atoms with Crippen LogP contribution in [0, 0.1) is 5.92 Å². The molecule has 0 aromatic heterocycles. The fourth-order valence-electron chi connectivity index (χ4n) is 1.57. The molecule has 19 heavy (non-hydrogen) atoms. The first-order valence-corrected chi connectivity index (χ1v) is 6.34. The van der Waals surface area contributed by atoms with Gasteiger partial charge in [0, 0.05) is 13.2 Å². The lowest BCUT2D eigenvalue weighted by Crippen LogP contribution is -2.28. The molecule has 0 aliphatic heterocycles. The number of anilines is 1. The SMILES string of the molecule is COc1cccc(C(=O)NCCOCC(C)C)c1N. The summed E-state index contributed by atoms with van der Waals surface area (Å²) in [6, 6.07) is 5.12. The predicted octanol–water partition coefficient (Wildman–Crippen LogP) is 1.68. The van der Waals surface area contributed by atoms with Crippen molar-refractivity contribution >= 4 is 11.6 Å². The van der Waals surface area contributed by atoms with Crippen molar-refractivity contribution in [1.29, 1.82) is 0 Å². The molecule has 106 valence electrons. The number of carbonyl (C=O) groups is 1. The molecule has 0 heterocycles. The highest BCUT2D eigenvalue weighted by atomic mass is 16.5. The summed E-state index contributed by atoms with van der Waals surface area (Å²) in [6.07, 6.45) is 0. The van der Waals surface area contributed by atoms with E-state index in [1.54, 1.807) is 18.2 Å². The van der Waals surface area contributed by atoms with Crippen LogP contribution in [0.1, 0.15) is 24.2 Å². The molecule has 1 rings (SSSR count).